The monoisotopic (exact) mass is 354 g/mol. The van der Waals surface area contributed by atoms with Crippen LogP contribution < -0.4 is 10.1 Å². The number of anilines is 1. The highest BCUT2D eigenvalue weighted by molar-refractivity contribution is 6.03. The highest BCUT2D eigenvalue weighted by Crippen LogP contribution is 2.20. The van der Waals surface area contributed by atoms with E-state index in [1.165, 1.54) is 5.56 Å². The Morgan fingerprint density at radius 3 is 2.58 bits per heavy atom. The predicted octanol–water partition coefficient (Wildman–Crippen LogP) is 3.90. The van der Waals surface area contributed by atoms with E-state index in [1.54, 1.807) is 30.8 Å². The normalized spacial score (nSPS) is 11.0. The van der Waals surface area contributed by atoms with Crippen molar-refractivity contribution < 1.29 is 14.1 Å². The summed E-state index contributed by atoms with van der Waals surface area (Å²) in [6, 6.07) is 9.60. The third kappa shape index (κ3) is 3.93. The lowest BCUT2D eigenvalue weighted by Crippen LogP contribution is -2.15. The molecule has 26 heavy (non-hydrogen) atoms. The molecule has 3 rings (SSSR count). The fraction of sp³-hybridized carbons (Fsp3) is 0.316. The first-order valence-electron chi connectivity index (χ1n) is 8.44. The summed E-state index contributed by atoms with van der Waals surface area (Å²) >= 11 is 0. The van der Waals surface area contributed by atoms with Crippen LogP contribution in [-0.2, 0) is 6.73 Å². The molecule has 0 saturated heterocycles. The van der Waals surface area contributed by atoms with Gasteiger partial charge in [-0.3, -0.25) is 4.79 Å². The van der Waals surface area contributed by atoms with Crippen LogP contribution in [0.1, 0.15) is 47.3 Å². The number of nitrogens with zero attached hydrogens (tertiary/aromatic N) is 3. The molecule has 0 bridgehead atoms. The van der Waals surface area contributed by atoms with Gasteiger partial charge in [0.05, 0.1) is 0 Å². The van der Waals surface area contributed by atoms with Gasteiger partial charge in [0.1, 0.15) is 17.1 Å². The molecule has 0 aliphatic rings. The lowest BCUT2D eigenvalue weighted by atomic mass is 10.0. The van der Waals surface area contributed by atoms with Crippen LogP contribution in [0.5, 0.6) is 5.75 Å². The van der Waals surface area contributed by atoms with E-state index in [0.29, 0.717) is 28.8 Å². The minimum atomic E-state index is -0.320. The van der Waals surface area contributed by atoms with Gasteiger partial charge in [0.2, 0.25) is 0 Å². The second-order valence-electron chi connectivity index (χ2n) is 6.39. The molecule has 0 atom stereocenters. The summed E-state index contributed by atoms with van der Waals surface area (Å²) in [5.41, 5.74) is 2.76. The highest BCUT2D eigenvalue weighted by Gasteiger charge is 2.15. The zero-order valence-electron chi connectivity index (χ0n) is 15.3. The second kappa shape index (κ2) is 7.43. The van der Waals surface area contributed by atoms with Crippen LogP contribution >= 0.6 is 0 Å². The standard InChI is InChI=1S/C19H22N4O3/c1-12(2)15-5-7-16(8-6-15)25-11-23-10-9-17(21-23)19(24)20-18-13(3)22-26-14(18)4/h5-10,12H,11H2,1-4H3,(H,20,24). The van der Waals surface area contributed by atoms with Crippen LogP contribution in [0.4, 0.5) is 5.69 Å². The first kappa shape index (κ1) is 17.7. The summed E-state index contributed by atoms with van der Waals surface area (Å²) in [6.07, 6.45) is 1.70. The van der Waals surface area contributed by atoms with Crippen LogP contribution in [0.15, 0.2) is 41.1 Å². The van der Waals surface area contributed by atoms with Gasteiger partial charge >= 0.3 is 0 Å². The lowest BCUT2D eigenvalue weighted by Gasteiger charge is -2.09. The van der Waals surface area contributed by atoms with E-state index in [4.69, 9.17) is 9.26 Å². The summed E-state index contributed by atoms with van der Waals surface area (Å²) in [5.74, 6) is 1.48. The van der Waals surface area contributed by atoms with Crippen molar-refractivity contribution in [2.75, 3.05) is 5.32 Å². The minimum absolute atomic E-state index is 0.222. The summed E-state index contributed by atoms with van der Waals surface area (Å²) in [6.45, 7) is 8.03. The van der Waals surface area contributed by atoms with E-state index in [2.05, 4.69) is 29.4 Å². The smallest absolute Gasteiger partial charge is 0.276 e. The Balaban J connectivity index is 1.60. The molecule has 0 spiro atoms. The Hall–Kier alpha value is -3.09. The van der Waals surface area contributed by atoms with Gasteiger partial charge in [-0.05, 0) is 43.5 Å². The van der Waals surface area contributed by atoms with Crippen molar-refractivity contribution in [3.63, 3.8) is 0 Å². The van der Waals surface area contributed by atoms with E-state index in [-0.39, 0.29) is 12.6 Å². The van der Waals surface area contributed by atoms with Gasteiger partial charge in [-0.25, -0.2) is 4.68 Å². The minimum Gasteiger partial charge on any atom is -0.471 e. The van der Waals surface area contributed by atoms with Crippen LogP contribution in [0, 0.1) is 13.8 Å². The van der Waals surface area contributed by atoms with Gasteiger partial charge < -0.3 is 14.6 Å². The number of nitrogens with one attached hydrogen (secondary N) is 1. The maximum atomic E-state index is 12.3. The number of aromatic nitrogens is 3. The topological polar surface area (TPSA) is 82.2 Å². The molecule has 3 aromatic rings. The van der Waals surface area contributed by atoms with Crippen molar-refractivity contribution in [2.24, 2.45) is 0 Å². The summed E-state index contributed by atoms with van der Waals surface area (Å²) in [5, 5.41) is 10.8. The third-order valence-corrected chi connectivity index (χ3v) is 4.06. The molecule has 7 nitrogen and oxygen atoms in total. The average Bonchev–Trinajstić information content (AvgIpc) is 3.22. The van der Waals surface area contributed by atoms with Crippen molar-refractivity contribution >= 4 is 11.6 Å². The number of rotatable bonds is 6. The highest BCUT2D eigenvalue weighted by atomic mass is 16.5. The molecule has 0 unspecified atom stereocenters. The van der Waals surface area contributed by atoms with Crippen molar-refractivity contribution in [2.45, 2.75) is 40.3 Å². The number of amides is 1. The Labute approximate surface area is 151 Å². The van der Waals surface area contributed by atoms with Crippen molar-refractivity contribution in [1.82, 2.24) is 14.9 Å². The Kier molecular flexibility index (Phi) is 5.06. The number of carbonyl (C=O) groups excluding carboxylic acids is 1. The number of hydrogen-bond acceptors (Lipinski definition) is 5. The van der Waals surface area contributed by atoms with Gasteiger partial charge in [0, 0.05) is 6.20 Å². The van der Waals surface area contributed by atoms with Crippen molar-refractivity contribution in [3.8, 4) is 5.75 Å². The summed E-state index contributed by atoms with van der Waals surface area (Å²) < 4.78 is 12.3. The molecule has 0 aliphatic carbocycles. The molecule has 0 saturated carbocycles. The van der Waals surface area contributed by atoms with Gasteiger partial charge in [0.15, 0.2) is 18.2 Å². The first-order valence-corrected chi connectivity index (χ1v) is 8.44. The molecule has 0 aliphatic heterocycles. The number of hydrogen-bond donors (Lipinski definition) is 1. The SMILES string of the molecule is Cc1noc(C)c1NC(=O)c1ccn(COc2ccc(C(C)C)cc2)n1. The number of benzene rings is 1. The molecule has 0 fully saturated rings. The fourth-order valence-electron chi connectivity index (χ4n) is 2.48. The van der Waals surface area contributed by atoms with Gasteiger partial charge in [-0.2, -0.15) is 5.10 Å². The Morgan fingerprint density at radius 2 is 1.96 bits per heavy atom. The van der Waals surface area contributed by atoms with Crippen LogP contribution in [0.25, 0.3) is 0 Å². The van der Waals surface area contributed by atoms with Gasteiger partial charge in [-0.1, -0.05) is 31.1 Å². The molecule has 1 N–H and O–H groups in total. The van der Waals surface area contributed by atoms with E-state index < -0.39 is 0 Å². The zero-order valence-corrected chi connectivity index (χ0v) is 15.3. The molecule has 1 aromatic carbocycles. The van der Waals surface area contributed by atoms with Crippen molar-refractivity contribution in [1.29, 1.82) is 0 Å². The average molecular weight is 354 g/mol. The molecular formula is C19H22N4O3. The third-order valence-electron chi connectivity index (χ3n) is 4.06. The fourth-order valence-corrected chi connectivity index (χ4v) is 2.48. The van der Waals surface area contributed by atoms with E-state index >= 15 is 0 Å². The lowest BCUT2D eigenvalue weighted by molar-refractivity contribution is 0.102. The van der Waals surface area contributed by atoms with Gasteiger partial charge in [0.25, 0.3) is 5.91 Å². The number of aryl methyl sites for hydroxylation is 2. The Morgan fingerprint density at radius 1 is 1.23 bits per heavy atom. The second-order valence-corrected chi connectivity index (χ2v) is 6.39. The molecule has 1 amide bonds. The van der Waals surface area contributed by atoms with E-state index in [1.807, 2.05) is 24.3 Å². The number of ether oxygens (including phenoxy) is 1. The molecule has 2 aromatic heterocycles. The van der Waals surface area contributed by atoms with E-state index in [9.17, 15) is 4.79 Å². The zero-order chi connectivity index (χ0) is 18.7. The number of carbonyl (C=O) groups is 1. The maximum Gasteiger partial charge on any atom is 0.276 e. The van der Waals surface area contributed by atoms with Crippen LogP contribution in [-0.4, -0.2) is 20.8 Å². The maximum absolute atomic E-state index is 12.3. The molecule has 2 heterocycles. The predicted molar refractivity (Wildman–Crippen MR) is 97.3 cm³/mol. The quantitative estimate of drug-likeness (QED) is 0.726. The first-order chi connectivity index (χ1) is 12.4. The van der Waals surface area contributed by atoms with Gasteiger partial charge in [-0.15, -0.1) is 0 Å². The molecule has 136 valence electrons. The van der Waals surface area contributed by atoms with Crippen LogP contribution in [0.3, 0.4) is 0 Å². The Bertz CT molecular complexity index is 874. The van der Waals surface area contributed by atoms with Crippen LogP contribution in [0.2, 0.25) is 0 Å². The largest absolute Gasteiger partial charge is 0.471 e. The molecular weight excluding hydrogens is 332 g/mol. The summed E-state index contributed by atoms with van der Waals surface area (Å²) in [4.78, 5) is 12.3. The summed E-state index contributed by atoms with van der Waals surface area (Å²) in [7, 11) is 0. The van der Waals surface area contributed by atoms with Crippen molar-refractivity contribution in [3.05, 3.63) is 59.2 Å². The molecule has 0 radical (unpaired) electrons. The van der Waals surface area contributed by atoms with E-state index in [0.717, 1.165) is 5.75 Å². The molecule has 7 heteroatoms.